The van der Waals surface area contributed by atoms with Gasteiger partial charge in [-0.25, -0.2) is 0 Å². The molecule has 0 aromatic carbocycles. The summed E-state index contributed by atoms with van der Waals surface area (Å²) in [7, 11) is 0. The number of ether oxygens (including phenoxy) is 1. The maximum atomic E-state index is 11.4. The molecule has 0 bridgehead atoms. The molecular formula is C13H23N3O2. The molecule has 18 heavy (non-hydrogen) atoms. The van der Waals surface area contributed by atoms with E-state index in [0.717, 1.165) is 6.42 Å². The van der Waals surface area contributed by atoms with Crippen molar-refractivity contribution in [3.63, 3.8) is 0 Å². The van der Waals surface area contributed by atoms with Crippen molar-refractivity contribution in [2.24, 2.45) is 16.1 Å². The second-order valence-electron chi connectivity index (χ2n) is 5.51. The van der Waals surface area contributed by atoms with Gasteiger partial charge in [0.2, 0.25) is 0 Å². The lowest BCUT2D eigenvalue weighted by Crippen LogP contribution is -2.30. The van der Waals surface area contributed by atoms with E-state index in [0.29, 0.717) is 0 Å². The predicted octanol–water partition coefficient (Wildman–Crippen LogP) is 3.11. The average Bonchev–Trinajstić information content (AvgIpc) is 2.33. The van der Waals surface area contributed by atoms with Gasteiger partial charge in [-0.2, -0.15) is 15.5 Å². The van der Waals surface area contributed by atoms with Crippen molar-refractivity contribution >= 4 is 5.97 Å². The van der Waals surface area contributed by atoms with Crippen LogP contribution in [0.2, 0.25) is 0 Å². The summed E-state index contributed by atoms with van der Waals surface area (Å²) in [6.45, 7) is 10.9. The second kappa shape index (κ2) is 6.48. The van der Waals surface area contributed by atoms with E-state index in [1.807, 2.05) is 26.8 Å². The number of hydrogen-bond acceptors (Lipinski definition) is 5. The third kappa shape index (κ3) is 5.76. The molecule has 0 aliphatic carbocycles. The summed E-state index contributed by atoms with van der Waals surface area (Å²) in [5.74, 6) is -0.543. The Kier molecular flexibility index (Phi) is 5.96. The highest BCUT2D eigenvalue weighted by molar-refractivity contribution is 5.71. The summed E-state index contributed by atoms with van der Waals surface area (Å²) in [4.78, 5) is 11.4. The number of carbonyl (C=O) groups excluding carboxylic acids is 1. The Balaban J connectivity index is 4.65. The van der Waals surface area contributed by atoms with Gasteiger partial charge in [-0.3, -0.25) is 4.79 Å². The molecule has 0 fully saturated rings. The zero-order valence-electron chi connectivity index (χ0n) is 12.1. The van der Waals surface area contributed by atoms with Crippen LogP contribution in [0.15, 0.2) is 10.2 Å². The molecular weight excluding hydrogens is 230 g/mol. The molecule has 0 radical (unpaired) electrons. The summed E-state index contributed by atoms with van der Waals surface area (Å²) in [6.07, 6.45) is 0.823. The molecule has 0 heterocycles. The molecule has 0 aliphatic heterocycles. The van der Waals surface area contributed by atoms with Crippen molar-refractivity contribution in [3.05, 3.63) is 0 Å². The van der Waals surface area contributed by atoms with Crippen molar-refractivity contribution in [1.82, 2.24) is 0 Å². The Hall–Kier alpha value is -1.44. The first-order valence-electron chi connectivity index (χ1n) is 6.18. The summed E-state index contributed by atoms with van der Waals surface area (Å²) in [6, 6.07) is 2.03. The molecule has 0 rings (SSSR count). The van der Waals surface area contributed by atoms with E-state index in [-0.39, 0.29) is 24.0 Å². The zero-order valence-corrected chi connectivity index (χ0v) is 12.1. The fourth-order valence-electron chi connectivity index (χ4n) is 0.778. The molecule has 0 aromatic rings. The largest absolute Gasteiger partial charge is 0.462 e. The van der Waals surface area contributed by atoms with Gasteiger partial charge in [0.05, 0.1) is 17.5 Å². The zero-order chi connectivity index (χ0) is 14.4. The third-order valence-corrected chi connectivity index (χ3v) is 2.61. The van der Waals surface area contributed by atoms with E-state index in [2.05, 4.69) is 10.2 Å². The lowest BCUT2D eigenvalue weighted by Gasteiger charge is -2.20. The van der Waals surface area contributed by atoms with Crippen LogP contribution >= 0.6 is 0 Å². The van der Waals surface area contributed by atoms with Gasteiger partial charge in [-0.05, 0) is 27.2 Å². The highest BCUT2D eigenvalue weighted by atomic mass is 16.5. The smallest absolute Gasteiger partial charge is 0.308 e. The van der Waals surface area contributed by atoms with Crippen LogP contribution in [-0.2, 0) is 9.53 Å². The summed E-state index contributed by atoms with van der Waals surface area (Å²) in [5, 5.41) is 17.3. The minimum atomic E-state index is -1.11. The van der Waals surface area contributed by atoms with E-state index in [9.17, 15) is 4.79 Å². The van der Waals surface area contributed by atoms with Crippen molar-refractivity contribution in [3.8, 4) is 6.07 Å². The van der Waals surface area contributed by atoms with Crippen LogP contribution in [0.5, 0.6) is 0 Å². The maximum absolute atomic E-state index is 11.4. The van der Waals surface area contributed by atoms with Crippen LogP contribution in [0.4, 0.5) is 0 Å². The Morgan fingerprint density at radius 2 is 1.89 bits per heavy atom. The number of nitriles is 1. The van der Waals surface area contributed by atoms with Crippen LogP contribution in [-0.4, -0.2) is 23.7 Å². The first-order valence-corrected chi connectivity index (χ1v) is 6.18. The lowest BCUT2D eigenvalue weighted by atomic mass is 10.0. The van der Waals surface area contributed by atoms with Crippen molar-refractivity contribution in [2.45, 2.75) is 59.0 Å². The summed E-state index contributed by atoms with van der Waals surface area (Å²) >= 11 is 0. The summed E-state index contributed by atoms with van der Waals surface area (Å²) in [5.41, 5.74) is -1.42. The predicted molar refractivity (Wildman–Crippen MR) is 69.0 cm³/mol. The normalized spacial score (nSPS) is 15.4. The minimum Gasteiger partial charge on any atom is -0.462 e. The van der Waals surface area contributed by atoms with Gasteiger partial charge in [0.15, 0.2) is 5.54 Å². The number of azo groups is 1. The van der Waals surface area contributed by atoms with Crippen LogP contribution in [0.1, 0.15) is 48.0 Å². The number of hydrogen-bond donors (Lipinski definition) is 0. The molecule has 0 aromatic heterocycles. The van der Waals surface area contributed by atoms with E-state index in [1.54, 1.807) is 20.8 Å². The van der Waals surface area contributed by atoms with Crippen LogP contribution in [0.25, 0.3) is 0 Å². The molecule has 1 atom stereocenters. The number of esters is 1. The van der Waals surface area contributed by atoms with Crippen LogP contribution in [0.3, 0.4) is 0 Å². The highest BCUT2D eigenvalue weighted by Gasteiger charge is 2.27. The van der Waals surface area contributed by atoms with Gasteiger partial charge in [0, 0.05) is 0 Å². The van der Waals surface area contributed by atoms with Crippen molar-refractivity contribution in [2.75, 3.05) is 6.61 Å². The van der Waals surface area contributed by atoms with E-state index < -0.39 is 5.54 Å². The van der Waals surface area contributed by atoms with Crippen molar-refractivity contribution < 1.29 is 9.53 Å². The van der Waals surface area contributed by atoms with Gasteiger partial charge >= 0.3 is 5.97 Å². The standard InChI is InChI=1S/C13H23N3O2/c1-7-12(4,5)15-16-13(6,8-14)9-18-11(17)10(2)3/h10H,7,9H2,1-6H3/b16-15+. The topological polar surface area (TPSA) is 74.8 Å². The number of rotatable bonds is 6. The van der Waals surface area contributed by atoms with Crippen LogP contribution in [0, 0.1) is 17.2 Å². The molecule has 1 unspecified atom stereocenters. The number of nitrogens with zero attached hydrogens (tertiary/aromatic N) is 3. The summed E-state index contributed by atoms with van der Waals surface area (Å²) < 4.78 is 5.04. The SMILES string of the molecule is CCC(C)(C)/N=N/C(C)(C#N)COC(=O)C(C)C. The van der Waals surface area contributed by atoms with E-state index >= 15 is 0 Å². The molecule has 5 heteroatoms. The average molecular weight is 253 g/mol. The Morgan fingerprint density at radius 1 is 1.33 bits per heavy atom. The molecule has 0 saturated carbocycles. The Labute approximate surface area is 109 Å². The number of carbonyl (C=O) groups is 1. The van der Waals surface area contributed by atoms with Gasteiger partial charge in [0.25, 0.3) is 0 Å². The van der Waals surface area contributed by atoms with Gasteiger partial charge in [-0.15, -0.1) is 0 Å². The Bertz CT molecular complexity index is 356. The van der Waals surface area contributed by atoms with E-state index in [4.69, 9.17) is 10.00 Å². The van der Waals surface area contributed by atoms with Gasteiger partial charge < -0.3 is 4.74 Å². The fourth-order valence-corrected chi connectivity index (χ4v) is 0.778. The molecule has 0 amide bonds. The lowest BCUT2D eigenvalue weighted by molar-refractivity contribution is -0.148. The second-order valence-corrected chi connectivity index (χ2v) is 5.51. The highest BCUT2D eigenvalue weighted by Crippen LogP contribution is 2.19. The molecule has 0 aliphatic rings. The van der Waals surface area contributed by atoms with Crippen molar-refractivity contribution in [1.29, 1.82) is 5.26 Å². The minimum absolute atomic E-state index is 0.0657. The monoisotopic (exact) mass is 253 g/mol. The first kappa shape index (κ1) is 16.6. The van der Waals surface area contributed by atoms with Crippen LogP contribution < -0.4 is 0 Å². The van der Waals surface area contributed by atoms with E-state index in [1.165, 1.54) is 0 Å². The molecule has 0 N–H and O–H groups in total. The Morgan fingerprint density at radius 3 is 2.28 bits per heavy atom. The quantitative estimate of drug-likeness (QED) is 0.539. The fraction of sp³-hybridized carbons (Fsp3) is 0.846. The molecule has 102 valence electrons. The molecule has 0 spiro atoms. The van der Waals surface area contributed by atoms with Gasteiger partial charge in [-0.1, -0.05) is 20.8 Å². The molecule has 0 saturated heterocycles. The van der Waals surface area contributed by atoms with Gasteiger partial charge in [0.1, 0.15) is 6.61 Å². The molecule has 5 nitrogen and oxygen atoms in total. The third-order valence-electron chi connectivity index (χ3n) is 2.61. The maximum Gasteiger partial charge on any atom is 0.308 e. The first-order chi connectivity index (χ1) is 8.16.